The fourth-order valence-corrected chi connectivity index (χ4v) is 6.03. The van der Waals surface area contributed by atoms with Gasteiger partial charge in [-0.25, -0.2) is 12.8 Å². The molecular weight excluding hydrogens is 517 g/mol. The van der Waals surface area contributed by atoms with Crippen LogP contribution in [-0.2, 0) is 19.6 Å². The average molecular weight is 538 g/mol. The van der Waals surface area contributed by atoms with Crippen LogP contribution in [0.1, 0.15) is 10.4 Å². The van der Waals surface area contributed by atoms with Gasteiger partial charge in [-0.3, -0.25) is 14.9 Å². The van der Waals surface area contributed by atoms with E-state index in [1.165, 1.54) is 46.8 Å². The summed E-state index contributed by atoms with van der Waals surface area (Å²) < 4.78 is 46.0. The Morgan fingerprint density at radius 1 is 1.06 bits per heavy atom. The molecule has 1 aromatic heterocycles. The van der Waals surface area contributed by atoms with Crippen LogP contribution in [0.5, 0.6) is 0 Å². The molecule has 0 aliphatic carbocycles. The van der Waals surface area contributed by atoms with E-state index in [-0.39, 0.29) is 40.1 Å². The number of nitrogens with zero attached hydrogens (tertiary/aromatic N) is 3. The monoisotopic (exact) mass is 537 g/mol. The summed E-state index contributed by atoms with van der Waals surface area (Å²) in [6, 6.07) is 11.5. The highest BCUT2D eigenvalue weighted by Crippen LogP contribution is 2.26. The van der Waals surface area contributed by atoms with Crippen molar-refractivity contribution in [2.24, 2.45) is 0 Å². The molecule has 14 heteroatoms. The first-order chi connectivity index (χ1) is 16.8. The summed E-state index contributed by atoms with van der Waals surface area (Å²) in [5, 5.41) is 13.1. The molecule has 184 valence electrons. The lowest BCUT2D eigenvalue weighted by Gasteiger charge is -2.26. The van der Waals surface area contributed by atoms with Gasteiger partial charge in [0, 0.05) is 18.7 Å². The number of aromatic nitrogens is 2. The Bertz CT molecular complexity index is 1310. The van der Waals surface area contributed by atoms with E-state index >= 15 is 0 Å². The number of carbonyl (C=O) groups is 2. The standard InChI is InChI=1S/C21H20FN5O5S3/c22-16-3-1-2-4-17(16)23-18(28)13-33-21-26-25-20(34-21)24-19(29)14-5-7-15(8-6-14)35(30,31)27-9-11-32-12-10-27/h1-8H,9-13H2,(H,23,28)(H,24,25,29). The highest BCUT2D eigenvalue weighted by atomic mass is 32.2. The number of para-hydroxylation sites is 1. The number of nitrogens with one attached hydrogen (secondary N) is 2. The summed E-state index contributed by atoms with van der Waals surface area (Å²) in [6.07, 6.45) is 0. The van der Waals surface area contributed by atoms with Gasteiger partial charge in [-0.1, -0.05) is 35.2 Å². The summed E-state index contributed by atoms with van der Waals surface area (Å²) >= 11 is 2.17. The van der Waals surface area contributed by atoms with E-state index in [1.807, 2.05) is 0 Å². The topological polar surface area (TPSA) is 131 Å². The maximum atomic E-state index is 13.6. The largest absolute Gasteiger partial charge is 0.379 e. The first kappa shape index (κ1) is 25.2. The van der Waals surface area contributed by atoms with Crippen LogP contribution in [0.25, 0.3) is 0 Å². The second kappa shape index (κ2) is 11.2. The minimum Gasteiger partial charge on any atom is -0.379 e. The summed E-state index contributed by atoms with van der Waals surface area (Å²) in [5.74, 6) is -1.44. The van der Waals surface area contributed by atoms with Gasteiger partial charge in [0.2, 0.25) is 21.1 Å². The summed E-state index contributed by atoms with van der Waals surface area (Å²) in [7, 11) is -3.65. The molecule has 10 nitrogen and oxygen atoms in total. The molecule has 35 heavy (non-hydrogen) atoms. The van der Waals surface area contributed by atoms with Gasteiger partial charge >= 0.3 is 0 Å². The molecule has 2 N–H and O–H groups in total. The van der Waals surface area contributed by atoms with Crippen LogP contribution < -0.4 is 10.6 Å². The molecule has 0 spiro atoms. The van der Waals surface area contributed by atoms with Crippen LogP contribution in [0.4, 0.5) is 15.2 Å². The Morgan fingerprint density at radius 2 is 1.77 bits per heavy atom. The summed E-state index contributed by atoms with van der Waals surface area (Å²) in [4.78, 5) is 24.7. The molecule has 2 amide bonds. The van der Waals surface area contributed by atoms with Crippen LogP contribution >= 0.6 is 23.1 Å². The number of halogens is 1. The lowest BCUT2D eigenvalue weighted by atomic mass is 10.2. The summed E-state index contributed by atoms with van der Waals surface area (Å²) in [5.41, 5.74) is 0.340. The van der Waals surface area contributed by atoms with Gasteiger partial charge in [0.25, 0.3) is 5.91 Å². The van der Waals surface area contributed by atoms with Crippen LogP contribution in [0.15, 0.2) is 57.8 Å². The van der Waals surface area contributed by atoms with Crippen LogP contribution in [-0.4, -0.2) is 66.8 Å². The number of carbonyl (C=O) groups excluding carboxylic acids is 2. The number of sulfonamides is 1. The summed E-state index contributed by atoms with van der Waals surface area (Å²) in [6.45, 7) is 1.26. The molecule has 1 fully saturated rings. The Labute approximate surface area is 208 Å². The predicted octanol–water partition coefficient (Wildman–Crippen LogP) is 2.68. The van der Waals surface area contributed by atoms with Crippen molar-refractivity contribution in [1.29, 1.82) is 0 Å². The third kappa shape index (κ3) is 6.41. The molecule has 0 saturated carbocycles. The van der Waals surface area contributed by atoms with Crippen LogP contribution in [0.3, 0.4) is 0 Å². The minimum absolute atomic E-state index is 0.0179. The van der Waals surface area contributed by atoms with Crippen molar-refractivity contribution in [1.82, 2.24) is 14.5 Å². The number of amides is 2. The van der Waals surface area contributed by atoms with Crippen molar-refractivity contribution >= 4 is 55.8 Å². The second-order valence-corrected chi connectivity index (χ2v) is 11.3. The lowest BCUT2D eigenvalue weighted by Crippen LogP contribution is -2.40. The van der Waals surface area contributed by atoms with E-state index in [4.69, 9.17) is 4.74 Å². The van der Waals surface area contributed by atoms with E-state index in [0.29, 0.717) is 17.6 Å². The second-order valence-electron chi connectivity index (χ2n) is 7.18. The normalized spacial score (nSPS) is 14.4. The maximum absolute atomic E-state index is 13.6. The number of morpholine rings is 1. The number of rotatable bonds is 8. The van der Waals surface area contributed by atoms with Gasteiger partial charge in [0.05, 0.1) is 29.5 Å². The predicted molar refractivity (Wildman–Crippen MR) is 130 cm³/mol. The molecule has 0 radical (unpaired) electrons. The van der Waals surface area contributed by atoms with Crippen molar-refractivity contribution in [2.75, 3.05) is 42.7 Å². The number of anilines is 2. The third-order valence-electron chi connectivity index (χ3n) is 4.83. The quantitative estimate of drug-likeness (QED) is 0.331. The molecule has 1 saturated heterocycles. The van der Waals surface area contributed by atoms with Gasteiger partial charge in [0.1, 0.15) is 5.82 Å². The zero-order valence-electron chi connectivity index (χ0n) is 18.1. The lowest BCUT2D eigenvalue weighted by molar-refractivity contribution is -0.113. The van der Waals surface area contributed by atoms with Crippen molar-refractivity contribution < 1.29 is 27.1 Å². The Balaban J connectivity index is 1.30. The molecule has 1 aliphatic heterocycles. The van der Waals surface area contributed by atoms with Crippen LogP contribution in [0, 0.1) is 5.82 Å². The molecule has 2 aromatic carbocycles. The highest BCUT2D eigenvalue weighted by molar-refractivity contribution is 8.01. The Morgan fingerprint density at radius 3 is 2.49 bits per heavy atom. The molecule has 1 aliphatic rings. The number of thioether (sulfide) groups is 1. The van der Waals surface area contributed by atoms with Crippen LogP contribution in [0.2, 0.25) is 0 Å². The number of ether oxygens (including phenoxy) is 1. The van der Waals surface area contributed by atoms with Gasteiger partial charge in [0.15, 0.2) is 4.34 Å². The fourth-order valence-electron chi connectivity index (χ4n) is 3.08. The van der Waals surface area contributed by atoms with E-state index < -0.39 is 27.7 Å². The van der Waals surface area contributed by atoms with Crippen molar-refractivity contribution in [3.05, 3.63) is 59.9 Å². The maximum Gasteiger partial charge on any atom is 0.257 e. The highest BCUT2D eigenvalue weighted by Gasteiger charge is 2.26. The molecule has 3 aromatic rings. The minimum atomic E-state index is -3.65. The molecule has 0 atom stereocenters. The smallest absolute Gasteiger partial charge is 0.257 e. The van der Waals surface area contributed by atoms with Gasteiger partial charge in [-0.2, -0.15) is 4.31 Å². The average Bonchev–Trinajstić information content (AvgIpc) is 3.32. The fraction of sp³-hybridized carbons (Fsp3) is 0.238. The molecule has 0 bridgehead atoms. The molecule has 2 heterocycles. The van der Waals surface area contributed by atoms with Crippen molar-refractivity contribution in [2.45, 2.75) is 9.24 Å². The number of hydrogen-bond donors (Lipinski definition) is 2. The Hall–Kier alpha value is -2.91. The van der Waals surface area contributed by atoms with E-state index in [9.17, 15) is 22.4 Å². The number of hydrogen-bond acceptors (Lipinski definition) is 9. The Kier molecular flexibility index (Phi) is 8.07. The zero-order chi connectivity index (χ0) is 24.8. The molecule has 0 unspecified atom stereocenters. The molecular formula is C21H20FN5O5S3. The third-order valence-corrected chi connectivity index (χ3v) is 8.71. The first-order valence-electron chi connectivity index (χ1n) is 10.3. The van der Waals surface area contributed by atoms with Crippen molar-refractivity contribution in [3.8, 4) is 0 Å². The SMILES string of the molecule is O=C(CSc1nnc(NC(=O)c2ccc(S(=O)(=O)N3CCOCC3)cc2)s1)Nc1ccccc1F. The van der Waals surface area contributed by atoms with E-state index in [0.717, 1.165) is 23.1 Å². The van der Waals surface area contributed by atoms with E-state index in [1.54, 1.807) is 6.07 Å². The first-order valence-corrected chi connectivity index (χ1v) is 13.6. The van der Waals surface area contributed by atoms with Crippen molar-refractivity contribution in [3.63, 3.8) is 0 Å². The molecule has 4 rings (SSSR count). The van der Waals surface area contributed by atoms with Gasteiger partial charge in [-0.05, 0) is 36.4 Å². The van der Waals surface area contributed by atoms with Gasteiger partial charge in [-0.15, -0.1) is 10.2 Å². The zero-order valence-corrected chi connectivity index (χ0v) is 20.6. The number of benzene rings is 2. The van der Waals surface area contributed by atoms with Gasteiger partial charge < -0.3 is 10.1 Å². The van der Waals surface area contributed by atoms with E-state index in [2.05, 4.69) is 20.8 Å².